The first-order valence-corrected chi connectivity index (χ1v) is 10.3. The molecule has 0 unspecified atom stereocenters. The Morgan fingerprint density at radius 2 is 2.04 bits per heavy atom. The van der Waals surface area contributed by atoms with Gasteiger partial charge in [-0.15, -0.1) is 0 Å². The quantitative estimate of drug-likeness (QED) is 0.795. The molecule has 1 aliphatic heterocycles. The lowest BCUT2D eigenvalue weighted by molar-refractivity contribution is -0.133. The van der Waals surface area contributed by atoms with Crippen molar-refractivity contribution in [3.05, 3.63) is 65.2 Å². The summed E-state index contributed by atoms with van der Waals surface area (Å²) < 4.78 is 5.47. The molecule has 1 saturated heterocycles. The summed E-state index contributed by atoms with van der Waals surface area (Å²) in [6.45, 7) is 5.55. The standard InChI is InChI=1S/C24H32N2O2/c1-18-8-6-9-20(16-18)17-23-22(11-7-15-26(23)19(2)27)25-14-13-21-10-4-5-12-24(21)28-3/h4-6,8-10,12,16,22-23,25H,7,11,13-15,17H2,1-3H3/t22-,23-/m0/s1. The van der Waals surface area contributed by atoms with E-state index < -0.39 is 0 Å². The van der Waals surface area contributed by atoms with Crippen LogP contribution in [0.5, 0.6) is 5.75 Å². The summed E-state index contributed by atoms with van der Waals surface area (Å²) in [5.41, 5.74) is 3.78. The summed E-state index contributed by atoms with van der Waals surface area (Å²) >= 11 is 0. The molecule has 0 aromatic heterocycles. The zero-order valence-electron chi connectivity index (χ0n) is 17.3. The maximum Gasteiger partial charge on any atom is 0.219 e. The van der Waals surface area contributed by atoms with Crippen LogP contribution >= 0.6 is 0 Å². The van der Waals surface area contributed by atoms with Gasteiger partial charge in [-0.2, -0.15) is 0 Å². The van der Waals surface area contributed by atoms with Crippen molar-refractivity contribution >= 4 is 5.91 Å². The molecule has 28 heavy (non-hydrogen) atoms. The van der Waals surface area contributed by atoms with Crippen LogP contribution in [0.1, 0.15) is 36.5 Å². The van der Waals surface area contributed by atoms with Crippen molar-refractivity contribution in [2.45, 2.75) is 51.6 Å². The van der Waals surface area contributed by atoms with Gasteiger partial charge in [0.05, 0.1) is 13.2 Å². The molecule has 4 heteroatoms. The van der Waals surface area contributed by atoms with Gasteiger partial charge in [-0.25, -0.2) is 0 Å². The summed E-state index contributed by atoms with van der Waals surface area (Å²) in [7, 11) is 1.72. The molecule has 1 amide bonds. The Hall–Kier alpha value is -2.33. The highest BCUT2D eigenvalue weighted by atomic mass is 16.5. The summed E-state index contributed by atoms with van der Waals surface area (Å²) in [6.07, 6.45) is 3.97. The number of piperidine rings is 1. The molecular weight excluding hydrogens is 348 g/mol. The van der Waals surface area contributed by atoms with Gasteiger partial charge in [0, 0.05) is 19.5 Å². The van der Waals surface area contributed by atoms with Gasteiger partial charge in [-0.3, -0.25) is 4.79 Å². The molecule has 1 heterocycles. The van der Waals surface area contributed by atoms with Crippen molar-refractivity contribution in [3.63, 3.8) is 0 Å². The number of amides is 1. The first kappa shape index (κ1) is 20.4. The highest BCUT2D eigenvalue weighted by Gasteiger charge is 2.32. The van der Waals surface area contributed by atoms with Gasteiger partial charge in [0.15, 0.2) is 0 Å². The third-order valence-corrected chi connectivity index (χ3v) is 5.70. The van der Waals surface area contributed by atoms with E-state index in [2.05, 4.69) is 53.5 Å². The van der Waals surface area contributed by atoms with Crippen molar-refractivity contribution < 1.29 is 9.53 Å². The Bertz CT molecular complexity index is 790. The molecule has 150 valence electrons. The van der Waals surface area contributed by atoms with Gasteiger partial charge < -0.3 is 15.0 Å². The minimum absolute atomic E-state index is 0.175. The average molecular weight is 381 g/mol. The number of hydrogen-bond acceptors (Lipinski definition) is 3. The fourth-order valence-electron chi connectivity index (χ4n) is 4.32. The molecular formula is C24H32N2O2. The van der Waals surface area contributed by atoms with Crippen molar-refractivity contribution in [3.8, 4) is 5.75 Å². The van der Waals surface area contributed by atoms with Gasteiger partial charge >= 0.3 is 0 Å². The van der Waals surface area contributed by atoms with E-state index in [4.69, 9.17) is 4.74 Å². The van der Waals surface area contributed by atoms with Crippen LogP contribution in [0.3, 0.4) is 0 Å². The molecule has 2 atom stereocenters. The van der Waals surface area contributed by atoms with Crippen LogP contribution in [0.25, 0.3) is 0 Å². The Labute approximate surface area is 168 Å². The van der Waals surface area contributed by atoms with E-state index in [9.17, 15) is 4.79 Å². The topological polar surface area (TPSA) is 41.6 Å². The third kappa shape index (κ3) is 5.14. The van der Waals surface area contributed by atoms with E-state index in [-0.39, 0.29) is 11.9 Å². The van der Waals surface area contributed by atoms with E-state index in [0.29, 0.717) is 6.04 Å². The summed E-state index contributed by atoms with van der Waals surface area (Å²) in [6, 6.07) is 17.3. The lowest BCUT2D eigenvalue weighted by atomic mass is 9.90. The van der Waals surface area contributed by atoms with E-state index in [1.807, 2.05) is 12.1 Å². The fourth-order valence-corrected chi connectivity index (χ4v) is 4.32. The predicted molar refractivity (Wildman–Crippen MR) is 114 cm³/mol. The van der Waals surface area contributed by atoms with Crippen LogP contribution in [0.15, 0.2) is 48.5 Å². The summed E-state index contributed by atoms with van der Waals surface area (Å²) in [5, 5.41) is 3.74. The van der Waals surface area contributed by atoms with Crippen molar-refractivity contribution in [1.82, 2.24) is 10.2 Å². The van der Waals surface area contributed by atoms with Crippen molar-refractivity contribution in [2.75, 3.05) is 20.2 Å². The number of benzene rings is 2. The van der Waals surface area contributed by atoms with E-state index >= 15 is 0 Å². The zero-order chi connectivity index (χ0) is 19.9. The lowest BCUT2D eigenvalue weighted by Crippen LogP contribution is -2.56. The maximum atomic E-state index is 12.3. The Kier molecular flexibility index (Phi) is 7.10. The summed E-state index contributed by atoms with van der Waals surface area (Å²) in [5.74, 6) is 1.11. The highest BCUT2D eigenvalue weighted by Crippen LogP contribution is 2.23. The van der Waals surface area contributed by atoms with Crippen LogP contribution in [0.4, 0.5) is 0 Å². The lowest BCUT2D eigenvalue weighted by Gasteiger charge is -2.41. The average Bonchev–Trinajstić information content (AvgIpc) is 2.69. The molecule has 1 fully saturated rings. The smallest absolute Gasteiger partial charge is 0.219 e. The van der Waals surface area contributed by atoms with Crippen LogP contribution in [-0.4, -0.2) is 43.1 Å². The number of hydrogen-bond donors (Lipinski definition) is 1. The van der Waals surface area contributed by atoms with Crippen molar-refractivity contribution in [2.24, 2.45) is 0 Å². The molecule has 2 aromatic rings. The Balaban J connectivity index is 1.68. The predicted octanol–water partition coefficient (Wildman–Crippen LogP) is 3.76. The van der Waals surface area contributed by atoms with Gasteiger partial charge in [-0.05, 0) is 56.3 Å². The number of carbonyl (C=O) groups is 1. The maximum absolute atomic E-state index is 12.3. The normalized spacial score (nSPS) is 19.5. The van der Waals surface area contributed by atoms with E-state index in [1.54, 1.807) is 14.0 Å². The minimum atomic E-state index is 0.175. The van der Waals surface area contributed by atoms with Gasteiger partial charge in [0.25, 0.3) is 0 Å². The minimum Gasteiger partial charge on any atom is -0.496 e. The first-order chi connectivity index (χ1) is 13.6. The SMILES string of the molecule is COc1ccccc1CCN[C@H]1CCCN(C(C)=O)[C@H]1Cc1cccc(C)c1. The highest BCUT2D eigenvalue weighted by molar-refractivity contribution is 5.73. The molecule has 0 radical (unpaired) electrons. The molecule has 4 nitrogen and oxygen atoms in total. The Morgan fingerprint density at radius 1 is 1.21 bits per heavy atom. The molecule has 0 aliphatic carbocycles. The van der Waals surface area contributed by atoms with Crippen LogP contribution in [0, 0.1) is 6.92 Å². The second kappa shape index (κ2) is 9.74. The monoisotopic (exact) mass is 380 g/mol. The molecule has 3 rings (SSSR count). The number of ether oxygens (including phenoxy) is 1. The molecule has 0 spiro atoms. The van der Waals surface area contributed by atoms with Crippen LogP contribution in [0.2, 0.25) is 0 Å². The number of rotatable bonds is 7. The van der Waals surface area contributed by atoms with E-state index in [0.717, 1.165) is 44.5 Å². The number of carbonyl (C=O) groups excluding carboxylic acids is 1. The Morgan fingerprint density at radius 3 is 2.79 bits per heavy atom. The largest absolute Gasteiger partial charge is 0.496 e. The summed E-state index contributed by atoms with van der Waals surface area (Å²) in [4.78, 5) is 14.3. The number of para-hydroxylation sites is 1. The van der Waals surface area contributed by atoms with Gasteiger partial charge in [-0.1, -0.05) is 48.0 Å². The molecule has 1 N–H and O–H groups in total. The van der Waals surface area contributed by atoms with Crippen molar-refractivity contribution in [1.29, 1.82) is 0 Å². The molecule has 2 aromatic carbocycles. The second-order valence-electron chi connectivity index (χ2n) is 7.74. The molecule has 1 aliphatic rings. The van der Waals surface area contributed by atoms with E-state index in [1.165, 1.54) is 16.7 Å². The molecule has 0 saturated carbocycles. The molecule has 0 bridgehead atoms. The fraction of sp³-hybridized carbons (Fsp3) is 0.458. The zero-order valence-corrected chi connectivity index (χ0v) is 17.3. The first-order valence-electron chi connectivity index (χ1n) is 10.3. The number of likely N-dealkylation sites (tertiary alicyclic amines) is 1. The number of aryl methyl sites for hydroxylation is 1. The number of nitrogens with zero attached hydrogens (tertiary/aromatic N) is 1. The number of methoxy groups -OCH3 is 1. The third-order valence-electron chi connectivity index (χ3n) is 5.70. The van der Waals surface area contributed by atoms with Gasteiger partial charge in [0.2, 0.25) is 5.91 Å². The van der Waals surface area contributed by atoms with Crippen LogP contribution < -0.4 is 10.1 Å². The van der Waals surface area contributed by atoms with Crippen LogP contribution in [-0.2, 0) is 17.6 Å². The number of nitrogens with one attached hydrogen (secondary N) is 1. The second-order valence-corrected chi connectivity index (χ2v) is 7.74. The van der Waals surface area contributed by atoms with Gasteiger partial charge in [0.1, 0.15) is 5.75 Å².